The first kappa shape index (κ1) is 26.9. The number of unbranched alkanes of at least 4 members (excludes halogenated alkanes) is 2. The van der Waals surface area contributed by atoms with Gasteiger partial charge < -0.3 is 20.5 Å². The number of nitrogens with one attached hydrogen (secondary N) is 2. The Hall–Kier alpha value is -2.15. The Morgan fingerprint density at radius 2 is 1.84 bits per heavy atom. The summed E-state index contributed by atoms with van der Waals surface area (Å²) >= 11 is 0. The standard InChI is InChI=1S/C24H40N2O5/c1-5-7-8-9-13-21(29)31-18-23(3,4)26-22(30)19(12-6-2)16-20(28)25-24(17-27)14-10-11-15-24/h5-6,19,27H,1-2,7-18H2,3-4H3,(H,25,28)(H,26,30)/t19-/m0/s1. The SMILES string of the molecule is C=CCCCCC(=O)OCC(C)(C)NC(=O)[C@@H](CC=C)CC(=O)NC1(CO)CCCC1. The fraction of sp³-hybridized carbons (Fsp3) is 0.708. The molecule has 1 aliphatic carbocycles. The number of carbonyl (C=O) groups is 3. The Labute approximate surface area is 186 Å². The second-order valence-corrected chi connectivity index (χ2v) is 9.19. The van der Waals surface area contributed by atoms with Crippen molar-refractivity contribution in [3.8, 4) is 0 Å². The number of esters is 1. The van der Waals surface area contributed by atoms with E-state index in [0.717, 1.165) is 44.9 Å². The molecule has 7 nitrogen and oxygen atoms in total. The fourth-order valence-electron chi connectivity index (χ4n) is 3.79. The molecule has 0 heterocycles. The predicted molar refractivity (Wildman–Crippen MR) is 121 cm³/mol. The topological polar surface area (TPSA) is 105 Å². The van der Waals surface area contributed by atoms with E-state index in [2.05, 4.69) is 23.8 Å². The zero-order valence-electron chi connectivity index (χ0n) is 19.2. The second-order valence-electron chi connectivity index (χ2n) is 9.19. The van der Waals surface area contributed by atoms with E-state index in [1.54, 1.807) is 19.9 Å². The van der Waals surface area contributed by atoms with Gasteiger partial charge in [0.1, 0.15) is 6.61 Å². The van der Waals surface area contributed by atoms with E-state index in [9.17, 15) is 19.5 Å². The van der Waals surface area contributed by atoms with E-state index >= 15 is 0 Å². The van der Waals surface area contributed by atoms with Gasteiger partial charge in [-0.15, -0.1) is 13.2 Å². The van der Waals surface area contributed by atoms with Gasteiger partial charge in [-0.25, -0.2) is 0 Å². The molecule has 0 spiro atoms. The molecular formula is C24H40N2O5. The van der Waals surface area contributed by atoms with Crippen LogP contribution in [0.3, 0.4) is 0 Å². The van der Waals surface area contributed by atoms with Gasteiger partial charge in [-0.1, -0.05) is 25.0 Å². The highest BCUT2D eigenvalue weighted by molar-refractivity contribution is 5.86. The molecule has 0 aromatic heterocycles. The second kappa shape index (κ2) is 13.3. The lowest BCUT2D eigenvalue weighted by molar-refractivity contribution is -0.147. The van der Waals surface area contributed by atoms with Crippen molar-refractivity contribution in [2.75, 3.05) is 13.2 Å². The summed E-state index contributed by atoms with van der Waals surface area (Å²) in [4.78, 5) is 37.3. The quantitative estimate of drug-likeness (QED) is 0.208. The minimum atomic E-state index is -0.762. The van der Waals surface area contributed by atoms with Crippen molar-refractivity contribution in [1.29, 1.82) is 0 Å². The van der Waals surface area contributed by atoms with Gasteiger partial charge in [-0.3, -0.25) is 14.4 Å². The van der Waals surface area contributed by atoms with Crippen LogP contribution in [0, 0.1) is 5.92 Å². The van der Waals surface area contributed by atoms with E-state index < -0.39 is 17.0 Å². The Kier molecular flexibility index (Phi) is 11.5. The first-order valence-corrected chi connectivity index (χ1v) is 11.3. The average Bonchev–Trinajstić information content (AvgIpc) is 3.18. The van der Waals surface area contributed by atoms with Gasteiger partial charge in [-0.05, 0) is 52.4 Å². The average molecular weight is 437 g/mol. The van der Waals surface area contributed by atoms with Gasteiger partial charge in [-0.2, -0.15) is 0 Å². The maximum absolute atomic E-state index is 12.8. The highest BCUT2D eigenvalue weighted by atomic mass is 16.5. The molecule has 31 heavy (non-hydrogen) atoms. The first-order chi connectivity index (χ1) is 14.7. The van der Waals surface area contributed by atoms with Crippen molar-refractivity contribution < 1.29 is 24.2 Å². The van der Waals surface area contributed by atoms with Crippen LogP contribution in [0.15, 0.2) is 25.3 Å². The van der Waals surface area contributed by atoms with Gasteiger partial charge in [0.05, 0.1) is 23.6 Å². The molecule has 0 aromatic rings. The van der Waals surface area contributed by atoms with Crippen molar-refractivity contribution in [2.45, 2.75) is 89.1 Å². The number of ether oxygens (including phenoxy) is 1. The molecule has 176 valence electrons. The van der Waals surface area contributed by atoms with Crippen molar-refractivity contribution in [1.82, 2.24) is 10.6 Å². The lowest BCUT2D eigenvalue weighted by atomic mass is 9.95. The predicted octanol–water partition coefficient (Wildman–Crippen LogP) is 3.17. The molecular weight excluding hydrogens is 396 g/mol. The van der Waals surface area contributed by atoms with Gasteiger partial charge in [0.25, 0.3) is 0 Å². The summed E-state index contributed by atoms with van der Waals surface area (Å²) in [5.74, 6) is -1.41. The Bertz CT molecular complexity index is 623. The monoisotopic (exact) mass is 436 g/mol. The van der Waals surface area contributed by atoms with E-state index in [0.29, 0.717) is 12.8 Å². The zero-order chi connectivity index (χ0) is 23.3. The summed E-state index contributed by atoms with van der Waals surface area (Å²) < 4.78 is 5.32. The van der Waals surface area contributed by atoms with E-state index in [4.69, 9.17) is 4.74 Å². The molecule has 2 amide bonds. The summed E-state index contributed by atoms with van der Waals surface area (Å²) in [5, 5.41) is 15.5. The highest BCUT2D eigenvalue weighted by Gasteiger charge is 2.36. The summed E-state index contributed by atoms with van der Waals surface area (Å²) in [6.45, 7) is 10.9. The summed E-state index contributed by atoms with van der Waals surface area (Å²) in [6.07, 6.45) is 10.1. The summed E-state index contributed by atoms with van der Waals surface area (Å²) in [7, 11) is 0. The molecule has 0 radical (unpaired) electrons. The van der Waals surface area contributed by atoms with Crippen LogP contribution in [0.5, 0.6) is 0 Å². The molecule has 1 saturated carbocycles. The summed E-state index contributed by atoms with van der Waals surface area (Å²) in [5.41, 5.74) is -1.33. The van der Waals surface area contributed by atoms with Crippen LogP contribution < -0.4 is 10.6 Å². The third kappa shape index (κ3) is 10.1. The molecule has 1 atom stereocenters. The van der Waals surface area contributed by atoms with Crippen LogP contribution in [0.4, 0.5) is 0 Å². The Morgan fingerprint density at radius 3 is 2.42 bits per heavy atom. The minimum Gasteiger partial charge on any atom is -0.463 e. The van der Waals surface area contributed by atoms with Gasteiger partial charge in [0.2, 0.25) is 11.8 Å². The number of hydrogen-bond acceptors (Lipinski definition) is 5. The van der Waals surface area contributed by atoms with Crippen molar-refractivity contribution in [3.63, 3.8) is 0 Å². The zero-order valence-corrected chi connectivity index (χ0v) is 19.2. The van der Waals surface area contributed by atoms with Gasteiger partial charge in [0, 0.05) is 12.8 Å². The number of aliphatic hydroxyl groups excluding tert-OH is 1. The van der Waals surface area contributed by atoms with Crippen LogP contribution >= 0.6 is 0 Å². The maximum Gasteiger partial charge on any atom is 0.305 e. The van der Waals surface area contributed by atoms with Crippen LogP contribution in [0.25, 0.3) is 0 Å². The largest absolute Gasteiger partial charge is 0.463 e. The van der Waals surface area contributed by atoms with E-state index in [1.807, 2.05) is 6.08 Å². The van der Waals surface area contributed by atoms with Crippen LogP contribution in [0.2, 0.25) is 0 Å². The van der Waals surface area contributed by atoms with Crippen molar-refractivity contribution in [3.05, 3.63) is 25.3 Å². The highest BCUT2D eigenvalue weighted by Crippen LogP contribution is 2.29. The van der Waals surface area contributed by atoms with Crippen LogP contribution in [0.1, 0.15) is 78.1 Å². The Balaban J connectivity index is 2.54. The number of rotatable bonds is 15. The van der Waals surface area contributed by atoms with Crippen LogP contribution in [-0.2, 0) is 19.1 Å². The lowest BCUT2D eigenvalue weighted by Gasteiger charge is -2.30. The minimum absolute atomic E-state index is 0.0127. The van der Waals surface area contributed by atoms with Gasteiger partial charge in [0.15, 0.2) is 0 Å². The third-order valence-corrected chi connectivity index (χ3v) is 5.62. The molecule has 1 aliphatic rings. The fourth-order valence-corrected chi connectivity index (χ4v) is 3.79. The van der Waals surface area contributed by atoms with Gasteiger partial charge >= 0.3 is 5.97 Å². The summed E-state index contributed by atoms with van der Waals surface area (Å²) in [6, 6.07) is 0. The van der Waals surface area contributed by atoms with Crippen molar-refractivity contribution in [2.24, 2.45) is 5.92 Å². The number of allylic oxidation sites excluding steroid dienone is 2. The molecule has 0 saturated heterocycles. The molecule has 1 rings (SSSR count). The smallest absolute Gasteiger partial charge is 0.305 e. The number of aliphatic hydroxyl groups is 1. The Morgan fingerprint density at radius 1 is 1.16 bits per heavy atom. The molecule has 0 unspecified atom stereocenters. The van der Waals surface area contributed by atoms with E-state index in [-0.39, 0.29) is 37.4 Å². The molecule has 0 aromatic carbocycles. The molecule has 0 bridgehead atoms. The third-order valence-electron chi connectivity index (χ3n) is 5.62. The normalized spacial score (nSPS) is 16.2. The maximum atomic E-state index is 12.8. The molecule has 0 aliphatic heterocycles. The first-order valence-electron chi connectivity index (χ1n) is 11.3. The lowest BCUT2D eigenvalue weighted by Crippen LogP contribution is -2.52. The molecule has 3 N–H and O–H groups in total. The number of carbonyl (C=O) groups excluding carboxylic acids is 3. The molecule has 1 fully saturated rings. The van der Waals surface area contributed by atoms with Crippen LogP contribution in [-0.4, -0.2) is 47.2 Å². The van der Waals surface area contributed by atoms with E-state index in [1.165, 1.54) is 0 Å². The van der Waals surface area contributed by atoms with Crippen molar-refractivity contribution >= 4 is 17.8 Å². The number of hydrogen-bond donors (Lipinski definition) is 3. The molecule has 7 heteroatoms. The number of amides is 2.